The van der Waals surface area contributed by atoms with Gasteiger partial charge in [0, 0.05) is 23.5 Å². The van der Waals surface area contributed by atoms with Gasteiger partial charge < -0.3 is 20.5 Å². The Balaban J connectivity index is 1.59. The lowest BCUT2D eigenvalue weighted by Gasteiger charge is -2.24. The highest BCUT2D eigenvalue weighted by atomic mass is 32.2. The zero-order chi connectivity index (χ0) is 21.3. The molecule has 9 nitrogen and oxygen atoms in total. The molecule has 0 radical (unpaired) electrons. The standard InChI is InChI=1S/C19H16FN5O4S/c1-30(27,28)25-7-8-29-17-10-13(5-6-16(17)25)22-18-15(20)11-21-19(24-18)23-12-3-2-4-14(26)9-12/h2-11,26H,1H3,(H2,21,22,23,24). The van der Waals surface area contributed by atoms with Gasteiger partial charge in [-0.05, 0) is 24.3 Å². The van der Waals surface area contributed by atoms with Crippen molar-refractivity contribution in [2.24, 2.45) is 0 Å². The van der Waals surface area contributed by atoms with E-state index < -0.39 is 15.8 Å². The number of sulfonamides is 1. The smallest absolute Gasteiger partial charge is 0.236 e. The molecule has 1 aliphatic rings. The Labute approximate surface area is 171 Å². The number of nitrogens with one attached hydrogen (secondary N) is 2. The van der Waals surface area contributed by atoms with Crippen LogP contribution in [0.4, 0.5) is 33.2 Å². The summed E-state index contributed by atoms with van der Waals surface area (Å²) >= 11 is 0. The highest BCUT2D eigenvalue weighted by molar-refractivity contribution is 7.92. The minimum atomic E-state index is -3.52. The monoisotopic (exact) mass is 429 g/mol. The van der Waals surface area contributed by atoms with Crippen molar-refractivity contribution in [3.8, 4) is 11.5 Å². The van der Waals surface area contributed by atoms with Gasteiger partial charge in [-0.1, -0.05) is 6.07 Å². The molecule has 3 aromatic rings. The molecule has 11 heteroatoms. The van der Waals surface area contributed by atoms with Crippen LogP contribution >= 0.6 is 0 Å². The van der Waals surface area contributed by atoms with Crippen molar-refractivity contribution >= 4 is 38.9 Å². The summed E-state index contributed by atoms with van der Waals surface area (Å²) in [6.07, 6.45) is 4.63. The second-order valence-electron chi connectivity index (χ2n) is 6.33. The molecule has 0 saturated heterocycles. The van der Waals surface area contributed by atoms with E-state index in [4.69, 9.17) is 4.74 Å². The summed E-state index contributed by atoms with van der Waals surface area (Å²) in [6, 6.07) is 11.0. The van der Waals surface area contributed by atoms with Gasteiger partial charge in [0.25, 0.3) is 0 Å². The van der Waals surface area contributed by atoms with Crippen LogP contribution in [-0.4, -0.2) is 29.7 Å². The number of phenols is 1. The third-order valence-corrected chi connectivity index (χ3v) is 5.09. The first-order valence-corrected chi connectivity index (χ1v) is 10.5. The van der Waals surface area contributed by atoms with E-state index in [0.717, 1.165) is 16.8 Å². The minimum absolute atomic E-state index is 0.0618. The van der Waals surface area contributed by atoms with Gasteiger partial charge in [-0.15, -0.1) is 0 Å². The summed E-state index contributed by atoms with van der Waals surface area (Å²) in [5.41, 5.74) is 1.29. The van der Waals surface area contributed by atoms with Crippen LogP contribution in [0.25, 0.3) is 0 Å². The molecule has 1 aliphatic heterocycles. The van der Waals surface area contributed by atoms with Crippen LogP contribution in [0.5, 0.6) is 11.5 Å². The molecule has 0 fully saturated rings. The normalized spacial score (nSPS) is 12.8. The van der Waals surface area contributed by atoms with E-state index in [9.17, 15) is 17.9 Å². The van der Waals surface area contributed by atoms with Gasteiger partial charge in [0.15, 0.2) is 17.4 Å². The molecule has 154 valence electrons. The number of aromatic hydroxyl groups is 1. The lowest BCUT2D eigenvalue weighted by molar-refractivity contribution is 0.473. The molecule has 30 heavy (non-hydrogen) atoms. The molecular weight excluding hydrogens is 413 g/mol. The molecule has 2 aromatic carbocycles. The number of anilines is 5. The lowest BCUT2D eigenvalue weighted by Crippen LogP contribution is -2.26. The van der Waals surface area contributed by atoms with Crippen LogP contribution in [0.15, 0.2) is 61.1 Å². The van der Waals surface area contributed by atoms with Crippen molar-refractivity contribution < 1.29 is 22.7 Å². The Kier molecular flexibility index (Phi) is 4.88. The van der Waals surface area contributed by atoms with Gasteiger partial charge in [0.05, 0.1) is 24.3 Å². The quantitative estimate of drug-likeness (QED) is 0.565. The number of phenolic OH excluding ortho intramolecular Hbond substituents is 1. The SMILES string of the molecule is CS(=O)(=O)N1C=COc2cc(Nc3nc(Nc4cccc(O)c4)ncc3F)ccc21. The number of benzene rings is 2. The first-order chi connectivity index (χ1) is 14.3. The molecule has 0 saturated carbocycles. The number of hydrogen-bond donors (Lipinski definition) is 3. The fourth-order valence-corrected chi connectivity index (χ4v) is 3.54. The molecular formula is C19H16FN5O4S. The number of fused-ring (bicyclic) bond motifs is 1. The minimum Gasteiger partial charge on any atom is -0.508 e. The number of aromatic nitrogens is 2. The molecule has 0 amide bonds. The molecule has 0 aliphatic carbocycles. The average Bonchev–Trinajstić information content (AvgIpc) is 2.69. The summed E-state index contributed by atoms with van der Waals surface area (Å²) in [5.74, 6) is -0.330. The van der Waals surface area contributed by atoms with E-state index in [0.29, 0.717) is 17.1 Å². The third kappa shape index (κ3) is 4.10. The second kappa shape index (κ2) is 7.52. The van der Waals surface area contributed by atoms with Crippen LogP contribution in [0.3, 0.4) is 0 Å². The van der Waals surface area contributed by atoms with Crippen molar-refractivity contribution in [2.75, 3.05) is 21.2 Å². The molecule has 0 atom stereocenters. The summed E-state index contributed by atoms with van der Waals surface area (Å²) in [5, 5.41) is 15.2. The topological polar surface area (TPSA) is 117 Å². The van der Waals surface area contributed by atoms with E-state index >= 15 is 0 Å². The van der Waals surface area contributed by atoms with E-state index in [-0.39, 0.29) is 23.3 Å². The van der Waals surface area contributed by atoms with Gasteiger partial charge in [-0.25, -0.2) is 22.1 Å². The highest BCUT2D eigenvalue weighted by Gasteiger charge is 2.22. The zero-order valence-corrected chi connectivity index (χ0v) is 16.4. The summed E-state index contributed by atoms with van der Waals surface area (Å²) in [4.78, 5) is 7.99. The number of ether oxygens (including phenoxy) is 1. The van der Waals surface area contributed by atoms with Crippen LogP contribution in [0.1, 0.15) is 0 Å². The van der Waals surface area contributed by atoms with Crippen LogP contribution in [0.2, 0.25) is 0 Å². The van der Waals surface area contributed by atoms with Crippen molar-refractivity contribution in [3.63, 3.8) is 0 Å². The maximum absolute atomic E-state index is 14.2. The number of rotatable bonds is 5. The van der Waals surface area contributed by atoms with Crippen LogP contribution in [0, 0.1) is 5.82 Å². The molecule has 3 N–H and O–H groups in total. The van der Waals surface area contributed by atoms with E-state index in [2.05, 4.69) is 20.6 Å². The van der Waals surface area contributed by atoms with Crippen molar-refractivity contribution in [1.82, 2.24) is 9.97 Å². The Morgan fingerprint density at radius 3 is 2.70 bits per heavy atom. The van der Waals surface area contributed by atoms with Crippen molar-refractivity contribution in [3.05, 3.63) is 66.9 Å². The Morgan fingerprint density at radius 1 is 1.13 bits per heavy atom. The summed E-state index contributed by atoms with van der Waals surface area (Å²) in [6.45, 7) is 0. The zero-order valence-electron chi connectivity index (χ0n) is 15.6. The average molecular weight is 429 g/mol. The molecule has 0 spiro atoms. The van der Waals surface area contributed by atoms with E-state index in [1.165, 1.54) is 36.7 Å². The predicted molar refractivity (Wildman–Crippen MR) is 110 cm³/mol. The van der Waals surface area contributed by atoms with Gasteiger partial charge >= 0.3 is 0 Å². The maximum Gasteiger partial charge on any atom is 0.236 e. The fourth-order valence-electron chi connectivity index (χ4n) is 2.76. The third-order valence-electron chi connectivity index (χ3n) is 4.05. The molecule has 4 rings (SSSR count). The van der Waals surface area contributed by atoms with Gasteiger partial charge in [0.1, 0.15) is 12.0 Å². The second-order valence-corrected chi connectivity index (χ2v) is 8.19. The number of halogens is 1. The Bertz CT molecular complexity index is 1250. The summed E-state index contributed by atoms with van der Waals surface area (Å²) in [7, 11) is -3.52. The molecule has 2 heterocycles. The van der Waals surface area contributed by atoms with E-state index in [1.807, 2.05) is 0 Å². The number of hydrogen-bond acceptors (Lipinski definition) is 8. The summed E-state index contributed by atoms with van der Waals surface area (Å²) < 4.78 is 44.5. The lowest BCUT2D eigenvalue weighted by atomic mass is 10.2. The van der Waals surface area contributed by atoms with Gasteiger partial charge in [-0.2, -0.15) is 4.98 Å². The Hall–Kier alpha value is -3.86. The Morgan fingerprint density at radius 2 is 1.93 bits per heavy atom. The van der Waals surface area contributed by atoms with Gasteiger partial charge in [0.2, 0.25) is 16.0 Å². The first-order valence-electron chi connectivity index (χ1n) is 8.62. The molecule has 1 aromatic heterocycles. The first kappa shape index (κ1) is 19.5. The highest BCUT2D eigenvalue weighted by Crippen LogP contribution is 2.36. The predicted octanol–water partition coefficient (Wildman–Crippen LogP) is 3.44. The largest absolute Gasteiger partial charge is 0.508 e. The van der Waals surface area contributed by atoms with Crippen molar-refractivity contribution in [1.29, 1.82) is 0 Å². The molecule has 0 bridgehead atoms. The number of nitrogens with zero attached hydrogens (tertiary/aromatic N) is 3. The van der Waals surface area contributed by atoms with E-state index in [1.54, 1.807) is 18.2 Å². The fraction of sp³-hybridized carbons (Fsp3) is 0.0526. The van der Waals surface area contributed by atoms with Crippen LogP contribution < -0.4 is 19.7 Å². The van der Waals surface area contributed by atoms with Gasteiger partial charge in [-0.3, -0.25) is 0 Å². The van der Waals surface area contributed by atoms with Crippen molar-refractivity contribution in [2.45, 2.75) is 0 Å². The van der Waals surface area contributed by atoms with Crippen LogP contribution in [-0.2, 0) is 10.0 Å². The maximum atomic E-state index is 14.2. The molecule has 0 unspecified atom stereocenters.